The van der Waals surface area contributed by atoms with E-state index in [0.29, 0.717) is 5.69 Å². The number of rotatable bonds is 4. The standard InChI is InChI=1S/C15H21N3O/c1-4-10-17-14(11(2)3)13(16)15(19)18(17)12-8-6-5-7-9-12/h5-9,11H,4,10,16H2,1-3H3. The van der Waals surface area contributed by atoms with Crippen molar-refractivity contribution in [2.45, 2.75) is 39.7 Å². The van der Waals surface area contributed by atoms with Crippen molar-refractivity contribution in [1.29, 1.82) is 0 Å². The molecule has 0 bridgehead atoms. The molecule has 2 aromatic rings. The van der Waals surface area contributed by atoms with E-state index in [1.165, 1.54) is 0 Å². The minimum Gasteiger partial charge on any atom is -0.393 e. The molecule has 2 rings (SSSR count). The lowest BCUT2D eigenvalue weighted by molar-refractivity contribution is 0.503. The van der Waals surface area contributed by atoms with E-state index in [-0.39, 0.29) is 11.5 Å². The number of nitrogen functional groups attached to an aromatic ring is 1. The summed E-state index contributed by atoms with van der Waals surface area (Å²) in [7, 11) is 0. The SMILES string of the molecule is CCCn1c(C(C)C)c(N)c(=O)n1-c1ccccc1. The van der Waals surface area contributed by atoms with Crippen molar-refractivity contribution in [3.05, 3.63) is 46.4 Å². The van der Waals surface area contributed by atoms with Gasteiger partial charge in [-0.05, 0) is 24.5 Å². The van der Waals surface area contributed by atoms with Gasteiger partial charge in [0, 0.05) is 6.54 Å². The normalized spacial score (nSPS) is 11.2. The Hall–Kier alpha value is -1.97. The lowest BCUT2D eigenvalue weighted by Crippen LogP contribution is -2.22. The van der Waals surface area contributed by atoms with E-state index in [1.807, 2.05) is 35.0 Å². The van der Waals surface area contributed by atoms with Gasteiger partial charge in [-0.2, -0.15) is 0 Å². The number of nitrogens with two attached hydrogens (primary N) is 1. The quantitative estimate of drug-likeness (QED) is 0.918. The van der Waals surface area contributed by atoms with Gasteiger partial charge in [-0.15, -0.1) is 0 Å². The van der Waals surface area contributed by atoms with Crippen LogP contribution in [0.1, 0.15) is 38.8 Å². The van der Waals surface area contributed by atoms with Crippen LogP contribution in [0.4, 0.5) is 5.69 Å². The molecule has 0 radical (unpaired) electrons. The molecule has 1 heterocycles. The lowest BCUT2D eigenvalue weighted by Gasteiger charge is -2.16. The first-order chi connectivity index (χ1) is 9.07. The number of hydrogen-bond donors (Lipinski definition) is 1. The van der Waals surface area contributed by atoms with Gasteiger partial charge in [-0.25, -0.2) is 4.68 Å². The van der Waals surface area contributed by atoms with Crippen molar-refractivity contribution < 1.29 is 0 Å². The highest BCUT2D eigenvalue weighted by atomic mass is 16.1. The first-order valence-electron chi connectivity index (χ1n) is 6.74. The van der Waals surface area contributed by atoms with E-state index in [2.05, 4.69) is 20.8 Å². The average molecular weight is 259 g/mol. The summed E-state index contributed by atoms with van der Waals surface area (Å²) in [6.45, 7) is 7.01. The third kappa shape index (κ3) is 2.30. The van der Waals surface area contributed by atoms with Crippen LogP contribution in [-0.2, 0) is 6.54 Å². The molecule has 0 amide bonds. The van der Waals surface area contributed by atoms with Gasteiger partial charge in [0.2, 0.25) is 0 Å². The summed E-state index contributed by atoms with van der Waals surface area (Å²) in [6.07, 6.45) is 0.958. The van der Waals surface area contributed by atoms with Gasteiger partial charge < -0.3 is 5.73 Å². The summed E-state index contributed by atoms with van der Waals surface area (Å²) in [6, 6.07) is 9.65. The fourth-order valence-electron chi connectivity index (χ4n) is 2.45. The zero-order chi connectivity index (χ0) is 14.0. The maximum absolute atomic E-state index is 12.4. The first kappa shape index (κ1) is 13.5. The molecular formula is C15H21N3O. The topological polar surface area (TPSA) is 52.9 Å². The van der Waals surface area contributed by atoms with Crippen LogP contribution in [-0.4, -0.2) is 9.36 Å². The van der Waals surface area contributed by atoms with Crippen molar-refractivity contribution >= 4 is 5.69 Å². The Morgan fingerprint density at radius 2 is 1.84 bits per heavy atom. The van der Waals surface area contributed by atoms with Gasteiger partial charge in [0.05, 0.1) is 11.4 Å². The molecule has 2 N–H and O–H groups in total. The number of anilines is 1. The highest BCUT2D eigenvalue weighted by Crippen LogP contribution is 2.22. The largest absolute Gasteiger partial charge is 0.393 e. The van der Waals surface area contributed by atoms with Gasteiger partial charge in [0.25, 0.3) is 5.56 Å². The maximum atomic E-state index is 12.4. The summed E-state index contributed by atoms with van der Waals surface area (Å²) in [5.41, 5.74) is 8.05. The van der Waals surface area contributed by atoms with Crippen LogP contribution < -0.4 is 11.3 Å². The molecule has 0 fully saturated rings. The molecule has 0 atom stereocenters. The highest BCUT2D eigenvalue weighted by Gasteiger charge is 2.20. The summed E-state index contributed by atoms with van der Waals surface area (Å²) in [4.78, 5) is 12.4. The Labute approximate surface area is 113 Å². The average Bonchev–Trinajstić information content (AvgIpc) is 2.63. The molecule has 0 aliphatic rings. The number of aromatic nitrogens is 2. The maximum Gasteiger partial charge on any atom is 0.294 e. The molecule has 0 spiro atoms. The van der Waals surface area contributed by atoms with Crippen LogP contribution in [0.5, 0.6) is 0 Å². The predicted octanol–water partition coefficient (Wildman–Crippen LogP) is 2.75. The Balaban J connectivity index is 2.73. The molecule has 4 nitrogen and oxygen atoms in total. The smallest absolute Gasteiger partial charge is 0.294 e. The monoisotopic (exact) mass is 259 g/mol. The molecule has 4 heteroatoms. The Morgan fingerprint density at radius 3 is 2.37 bits per heavy atom. The third-order valence-corrected chi connectivity index (χ3v) is 3.20. The van der Waals surface area contributed by atoms with Crippen LogP contribution in [0.25, 0.3) is 5.69 Å². The van der Waals surface area contributed by atoms with Gasteiger partial charge in [0.15, 0.2) is 0 Å². The second-order valence-corrected chi connectivity index (χ2v) is 5.03. The minimum atomic E-state index is -0.122. The van der Waals surface area contributed by atoms with Crippen LogP contribution in [0, 0.1) is 0 Å². The highest BCUT2D eigenvalue weighted by molar-refractivity contribution is 5.46. The molecular weight excluding hydrogens is 238 g/mol. The Kier molecular flexibility index (Phi) is 3.79. The summed E-state index contributed by atoms with van der Waals surface area (Å²) in [5.74, 6) is 0.226. The zero-order valence-electron chi connectivity index (χ0n) is 11.8. The minimum absolute atomic E-state index is 0.122. The van der Waals surface area contributed by atoms with Crippen molar-refractivity contribution in [2.24, 2.45) is 0 Å². The first-order valence-corrected chi connectivity index (χ1v) is 6.74. The van der Waals surface area contributed by atoms with Crippen molar-refractivity contribution in [2.75, 3.05) is 5.73 Å². The second kappa shape index (κ2) is 5.34. The molecule has 0 aliphatic heterocycles. The number of benzene rings is 1. The molecule has 19 heavy (non-hydrogen) atoms. The number of para-hydroxylation sites is 1. The summed E-state index contributed by atoms with van der Waals surface area (Å²) < 4.78 is 3.70. The van der Waals surface area contributed by atoms with Crippen LogP contribution >= 0.6 is 0 Å². The third-order valence-electron chi connectivity index (χ3n) is 3.20. The van der Waals surface area contributed by atoms with E-state index in [0.717, 1.165) is 24.3 Å². The Morgan fingerprint density at radius 1 is 1.21 bits per heavy atom. The van der Waals surface area contributed by atoms with Gasteiger partial charge in [0.1, 0.15) is 5.69 Å². The number of nitrogens with zero attached hydrogens (tertiary/aromatic N) is 2. The van der Waals surface area contributed by atoms with Crippen molar-refractivity contribution in [1.82, 2.24) is 9.36 Å². The molecule has 0 saturated heterocycles. The van der Waals surface area contributed by atoms with Gasteiger partial charge in [-0.3, -0.25) is 9.48 Å². The van der Waals surface area contributed by atoms with Crippen LogP contribution in [0.3, 0.4) is 0 Å². The molecule has 0 unspecified atom stereocenters. The Bertz CT molecular complexity index is 608. The predicted molar refractivity (Wildman–Crippen MR) is 78.8 cm³/mol. The lowest BCUT2D eigenvalue weighted by atomic mass is 10.1. The van der Waals surface area contributed by atoms with E-state index < -0.39 is 0 Å². The molecule has 0 saturated carbocycles. The molecule has 1 aromatic heterocycles. The van der Waals surface area contributed by atoms with E-state index >= 15 is 0 Å². The van der Waals surface area contributed by atoms with Crippen molar-refractivity contribution in [3.8, 4) is 5.69 Å². The molecule has 1 aromatic carbocycles. The van der Waals surface area contributed by atoms with Gasteiger partial charge in [-0.1, -0.05) is 39.0 Å². The second-order valence-electron chi connectivity index (χ2n) is 5.03. The zero-order valence-corrected chi connectivity index (χ0v) is 11.8. The van der Waals surface area contributed by atoms with Crippen LogP contribution in [0.15, 0.2) is 35.1 Å². The van der Waals surface area contributed by atoms with Crippen molar-refractivity contribution in [3.63, 3.8) is 0 Å². The fraction of sp³-hybridized carbons (Fsp3) is 0.400. The fourth-order valence-corrected chi connectivity index (χ4v) is 2.45. The number of hydrogen-bond acceptors (Lipinski definition) is 2. The molecule has 102 valence electrons. The molecule has 0 aliphatic carbocycles. The summed E-state index contributed by atoms with van der Waals surface area (Å²) >= 11 is 0. The van der Waals surface area contributed by atoms with Gasteiger partial charge >= 0.3 is 0 Å². The van der Waals surface area contributed by atoms with E-state index in [9.17, 15) is 4.79 Å². The van der Waals surface area contributed by atoms with Crippen LogP contribution in [0.2, 0.25) is 0 Å². The summed E-state index contributed by atoms with van der Waals surface area (Å²) in [5, 5.41) is 0. The van der Waals surface area contributed by atoms with E-state index in [1.54, 1.807) is 4.68 Å². The van der Waals surface area contributed by atoms with E-state index in [4.69, 9.17) is 5.73 Å².